The van der Waals surface area contributed by atoms with Crippen LogP contribution in [0.2, 0.25) is 0 Å². The number of hydrogen-bond donors (Lipinski definition) is 3. The van der Waals surface area contributed by atoms with Crippen LogP contribution < -0.4 is 17.2 Å². The normalized spacial score (nSPS) is 10.6. The van der Waals surface area contributed by atoms with E-state index in [0.717, 1.165) is 15.8 Å². The van der Waals surface area contributed by atoms with Crippen LogP contribution in [-0.2, 0) is 0 Å². The average molecular weight is 283 g/mol. The minimum atomic E-state index is 0.0282. The molecule has 8 heteroatoms. The van der Waals surface area contributed by atoms with Gasteiger partial charge in [0.1, 0.15) is 17.5 Å². The van der Waals surface area contributed by atoms with Gasteiger partial charge >= 0.3 is 0 Å². The number of hydrogen-bond acceptors (Lipinski definition) is 8. The molecule has 1 aromatic carbocycles. The summed E-state index contributed by atoms with van der Waals surface area (Å²) in [6.45, 7) is 0. The van der Waals surface area contributed by atoms with Gasteiger partial charge < -0.3 is 17.2 Å². The third-order valence-corrected chi connectivity index (χ3v) is 3.59. The van der Waals surface area contributed by atoms with Gasteiger partial charge in [-0.1, -0.05) is 17.4 Å². The zero-order valence-corrected chi connectivity index (χ0v) is 11.0. The topological polar surface area (TPSA) is 141 Å². The molecular weight excluding hydrogens is 274 g/mol. The summed E-state index contributed by atoms with van der Waals surface area (Å²) in [4.78, 5) is 12.1. The van der Waals surface area contributed by atoms with E-state index in [0.29, 0.717) is 10.8 Å². The first-order valence-corrected chi connectivity index (χ1v) is 6.39. The van der Waals surface area contributed by atoms with Crippen LogP contribution in [-0.4, -0.2) is 15.0 Å². The lowest BCUT2D eigenvalue weighted by atomic mass is 10.1. The van der Waals surface area contributed by atoms with Crippen molar-refractivity contribution < 1.29 is 0 Å². The van der Waals surface area contributed by atoms with E-state index in [1.807, 2.05) is 18.2 Å². The molecule has 0 bridgehead atoms. The number of benzene rings is 1. The summed E-state index contributed by atoms with van der Waals surface area (Å²) in [5.74, 6) is 0.0966. The predicted octanol–water partition coefficient (Wildman–Crippen LogP) is 1.37. The van der Waals surface area contributed by atoms with E-state index in [1.165, 1.54) is 11.3 Å². The van der Waals surface area contributed by atoms with Gasteiger partial charge in [0.2, 0.25) is 5.95 Å². The molecule has 2 heterocycles. The van der Waals surface area contributed by atoms with Gasteiger partial charge in [-0.3, -0.25) is 0 Å². The van der Waals surface area contributed by atoms with Gasteiger partial charge in [-0.2, -0.15) is 10.2 Å². The van der Waals surface area contributed by atoms with Crippen molar-refractivity contribution in [3.05, 3.63) is 23.8 Å². The Morgan fingerprint density at radius 3 is 2.65 bits per heavy atom. The maximum absolute atomic E-state index is 9.19. The second kappa shape index (κ2) is 4.32. The van der Waals surface area contributed by atoms with Crippen molar-refractivity contribution in [3.8, 4) is 17.3 Å². The SMILES string of the molecule is N#Cc1c(N)nc(N)nc1-c1ccc2nc(N)sc2c1. The van der Waals surface area contributed by atoms with Gasteiger partial charge in [0.15, 0.2) is 5.13 Å². The minimum absolute atomic E-state index is 0.0282. The van der Waals surface area contributed by atoms with Crippen LogP contribution in [0.25, 0.3) is 21.5 Å². The van der Waals surface area contributed by atoms with Crippen LogP contribution in [0.4, 0.5) is 16.9 Å². The zero-order valence-electron chi connectivity index (χ0n) is 10.2. The quantitative estimate of drug-likeness (QED) is 0.612. The van der Waals surface area contributed by atoms with Gasteiger partial charge in [-0.25, -0.2) is 9.97 Å². The summed E-state index contributed by atoms with van der Waals surface area (Å²) < 4.78 is 0.902. The van der Waals surface area contributed by atoms with Crippen LogP contribution in [0, 0.1) is 11.3 Å². The lowest BCUT2D eigenvalue weighted by Crippen LogP contribution is -2.04. The first kappa shape index (κ1) is 12.1. The van der Waals surface area contributed by atoms with Crippen molar-refractivity contribution in [3.63, 3.8) is 0 Å². The Kier molecular flexibility index (Phi) is 2.62. The maximum Gasteiger partial charge on any atom is 0.222 e. The van der Waals surface area contributed by atoms with E-state index in [2.05, 4.69) is 15.0 Å². The molecule has 0 saturated heterocycles. The summed E-state index contributed by atoms with van der Waals surface area (Å²) in [7, 11) is 0. The first-order chi connectivity index (χ1) is 9.58. The van der Waals surface area contributed by atoms with E-state index >= 15 is 0 Å². The van der Waals surface area contributed by atoms with Crippen molar-refractivity contribution in [1.82, 2.24) is 15.0 Å². The van der Waals surface area contributed by atoms with Gasteiger partial charge in [-0.15, -0.1) is 0 Å². The Hall–Kier alpha value is -2.92. The van der Waals surface area contributed by atoms with Crippen molar-refractivity contribution in [2.24, 2.45) is 0 Å². The van der Waals surface area contributed by atoms with Gasteiger partial charge in [0.05, 0.1) is 15.9 Å². The highest BCUT2D eigenvalue weighted by molar-refractivity contribution is 7.22. The molecule has 98 valence electrons. The van der Waals surface area contributed by atoms with Crippen molar-refractivity contribution in [1.29, 1.82) is 5.26 Å². The predicted molar refractivity (Wildman–Crippen MR) is 78.6 cm³/mol. The number of rotatable bonds is 1. The molecule has 0 spiro atoms. The molecular formula is C12H9N7S. The molecule has 3 aromatic rings. The number of aromatic nitrogens is 3. The Bertz CT molecular complexity index is 862. The highest BCUT2D eigenvalue weighted by Gasteiger charge is 2.14. The second-order valence-electron chi connectivity index (χ2n) is 4.04. The highest BCUT2D eigenvalue weighted by Crippen LogP contribution is 2.31. The molecule has 6 N–H and O–H groups in total. The lowest BCUT2D eigenvalue weighted by Gasteiger charge is -2.06. The Balaban J connectivity index is 2.27. The molecule has 2 aromatic heterocycles. The van der Waals surface area contributed by atoms with Gasteiger partial charge in [-0.05, 0) is 12.1 Å². The van der Waals surface area contributed by atoms with Crippen LogP contribution in [0.15, 0.2) is 18.2 Å². The maximum atomic E-state index is 9.19. The fourth-order valence-electron chi connectivity index (χ4n) is 1.90. The fourth-order valence-corrected chi connectivity index (χ4v) is 2.68. The molecule has 0 fully saturated rings. The Morgan fingerprint density at radius 2 is 1.90 bits per heavy atom. The lowest BCUT2D eigenvalue weighted by molar-refractivity contribution is 1.18. The van der Waals surface area contributed by atoms with E-state index in [-0.39, 0.29) is 17.3 Å². The minimum Gasteiger partial charge on any atom is -0.382 e. The number of nitriles is 1. The molecule has 20 heavy (non-hydrogen) atoms. The highest BCUT2D eigenvalue weighted by atomic mass is 32.1. The van der Waals surface area contributed by atoms with Crippen LogP contribution in [0.1, 0.15) is 5.56 Å². The monoisotopic (exact) mass is 283 g/mol. The fraction of sp³-hybridized carbons (Fsp3) is 0. The summed E-state index contributed by atoms with van der Waals surface area (Å²) in [6, 6.07) is 7.46. The van der Waals surface area contributed by atoms with Crippen molar-refractivity contribution in [2.45, 2.75) is 0 Å². The summed E-state index contributed by atoms with van der Waals surface area (Å²) in [5, 5.41) is 9.67. The summed E-state index contributed by atoms with van der Waals surface area (Å²) >= 11 is 1.36. The standard InChI is InChI=1S/C12H9N7S/c13-4-6-9(18-11(15)19-10(6)14)5-1-2-7-8(3-5)20-12(16)17-7/h1-3H,(H2,16,17)(H4,14,15,18,19). The number of thiazole rings is 1. The molecule has 0 saturated carbocycles. The number of fused-ring (bicyclic) bond motifs is 1. The largest absolute Gasteiger partial charge is 0.382 e. The third-order valence-electron chi connectivity index (χ3n) is 2.74. The second-order valence-corrected chi connectivity index (χ2v) is 5.10. The molecule has 0 atom stereocenters. The summed E-state index contributed by atoms with van der Waals surface area (Å²) in [5.41, 5.74) is 19.1. The smallest absolute Gasteiger partial charge is 0.222 e. The molecule has 0 aliphatic carbocycles. The zero-order chi connectivity index (χ0) is 14.3. The Labute approximate surface area is 117 Å². The first-order valence-electron chi connectivity index (χ1n) is 5.58. The van der Waals surface area contributed by atoms with Crippen LogP contribution in [0.5, 0.6) is 0 Å². The molecule has 3 rings (SSSR count). The Morgan fingerprint density at radius 1 is 1.10 bits per heavy atom. The molecule has 0 amide bonds. The van der Waals surface area contributed by atoms with Gasteiger partial charge in [0, 0.05) is 5.56 Å². The molecule has 0 radical (unpaired) electrons. The number of nitrogens with zero attached hydrogens (tertiary/aromatic N) is 4. The van der Waals surface area contributed by atoms with Gasteiger partial charge in [0.25, 0.3) is 0 Å². The third kappa shape index (κ3) is 1.86. The molecule has 0 aliphatic rings. The molecule has 0 aliphatic heterocycles. The average Bonchev–Trinajstić information content (AvgIpc) is 2.76. The van der Waals surface area contributed by atoms with Crippen LogP contribution >= 0.6 is 11.3 Å². The summed E-state index contributed by atoms with van der Waals surface area (Å²) in [6.07, 6.45) is 0. The van der Waals surface area contributed by atoms with Crippen LogP contribution in [0.3, 0.4) is 0 Å². The molecule has 0 unspecified atom stereocenters. The number of nitrogens with two attached hydrogens (primary N) is 3. The van der Waals surface area contributed by atoms with E-state index in [1.54, 1.807) is 6.07 Å². The van der Waals surface area contributed by atoms with E-state index < -0.39 is 0 Å². The number of anilines is 3. The number of nitrogen functional groups attached to an aromatic ring is 3. The van der Waals surface area contributed by atoms with Crippen molar-refractivity contribution in [2.75, 3.05) is 17.2 Å². The molecule has 7 nitrogen and oxygen atoms in total. The van der Waals surface area contributed by atoms with Crippen molar-refractivity contribution >= 4 is 38.5 Å². The van der Waals surface area contributed by atoms with E-state index in [4.69, 9.17) is 17.2 Å². The van der Waals surface area contributed by atoms with E-state index in [9.17, 15) is 5.26 Å².